The van der Waals surface area contributed by atoms with Crippen molar-refractivity contribution in [2.45, 2.75) is 19.6 Å². The number of nitrogens with zero attached hydrogens (tertiary/aromatic N) is 2. The average Bonchev–Trinajstić information content (AvgIpc) is 3.23. The van der Waals surface area contributed by atoms with E-state index in [9.17, 15) is 9.18 Å². The molecule has 0 aromatic heterocycles. The van der Waals surface area contributed by atoms with Gasteiger partial charge in [0.15, 0.2) is 5.17 Å². The summed E-state index contributed by atoms with van der Waals surface area (Å²) in [5.74, 6) is 0.293. The fraction of sp³-hybridized carbons (Fsp3) is 0.0968. The lowest BCUT2D eigenvalue weighted by Gasteiger charge is -2.24. The molecule has 38 heavy (non-hydrogen) atoms. The molecule has 4 aromatic carbocycles. The molecular weight excluding hydrogens is 563 g/mol. The van der Waals surface area contributed by atoms with Crippen LogP contribution in [0, 0.1) is 5.82 Å². The number of hydrogen-bond donors (Lipinski definition) is 0. The van der Waals surface area contributed by atoms with Crippen LogP contribution in [0.3, 0.4) is 0 Å². The Hall–Kier alpha value is -3.68. The molecule has 0 saturated carbocycles. The van der Waals surface area contributed by atoms with Crippen LogP contribution in [0.4, 0.5) is 10.1 Å². The second-order valence-electron chi connectivity index (χ2n) is 8.71. The summed E-state index contributed by atoms with van der Waals surface area (Å²) >= 11 is 4.95. The normalized spacial score (nSPS) is 16.3. The van der Waals surface area contributed by atoms with Crippen molar-refractivity contribution < 1.29 is 13.9 Å². The van der Waals surface area contributed by atoms with Gasteiger partial charge in [0, 0.05) is 0 Å². The molecule has 4 nitrogen and oxygen atoms in total. The van der Waals surface area contributed by atoms with Crippen LogP contribution in [0.5, 0.6) is 5.75 Å². The molecular formula is C31H24BrFN2O2S. The molecule has 0 unspecified atom stereocenters. The van der Waals surface area contributed by atoms with Gasteiger partial charge in [0.25, 0.3) is 5.91 Å². The van der Waals surface area contributed by atoms with Crippen LogP contribution in [0.2, 0.25) is 0 Å². The molecule has 0 spiro atoms. The van der Waals surface area contributed by atoms with Crippen LogP contribution in [0.1, 0.15) is 29.7 Å². The van der Waals surface area contributed by atoms with Crippen molar-refractivity contribution in [1.29, 1.82) is 0 Å². The maximum Gasteiger partial charge on any atom is 0.267 e. The highest BCUT2D eigenvalue weighted by atomic mass is 79.9. The Bertz CT molecular complexity index is 1490. The van der Waals surface area contributed by atoms with Crippen molar-refractivity contribution in [3.63, 3.8) is 0 Å². The van der Waals surface area contributed by atoms with Crippen molar-refractivity contribution in [2.75, 3.05) is 0 Å². The summed E-state index contributed by atoms with van der Waals surface area (Å²) in [4.78, 5) is 20.8. The molecule has 0 bridgehead atoms. The van der Waals surface area contributed by atoms with Crippen LogP contribution in [0.25, 0.3) is 6.08 Å². The lowest BCUT2D eigenvalue weighted by atomic mass is 10.1. The first kappa shape index (κ1) is 25.9. The highest BCUT2D eigenvalue weighted by molar-refractivity contribution is 9.10. The first-order chi connectivity index (χ1) is 18.5. The van der Waals surface area contributed by atoms with Crippen molar-refractivity contribution in [3.8, 4) is 5.75 Å². The van der Waals surface area contributed by atoms with Gasteiger partial charge in [-0.2, -0.15) is 0 Å². The Morgan fingerprint density at radius 1 is 0.974 bits per heavy atom. The second-order valence-corrected chi connectivity index (χ2v) is 10.6. The lowest BCUT2D eigenvalue weighted by Crippen LogP contribution is -2.32. The molecule has 1 aliphatic heterocycles. The van der Waals surface area contributed by atoms with E-state index < -0.39 is 0 Å². The molecule has 1 fully saturated rings. The van der Waals surface area contributed by atoms with E-state index in [1.54, 1.807) is 17.0 Å². The van der Waals surface area contributed by atoms with E-state index in [2.05, 4.69) is 15.9 Å². The lowest BCUT2D eigenvalue weighted by molar-refractivity contribution is -0.123. The summed E-state index contributed by atoms with van der Waals surface area (Å²) in [5, 5.41) is 0.641. The van der Waals surface area contributed by atoms with Gasteiger partial charge >= 0.3 is 0 Å². The number of halogens is 2. The fourth-order valence-electron chi connectivity index (χ4n) is 4.02. The molecule has 0 N–H and O–H groups in total. The monoisotopic (exact) mass is 586 g/mol. The van der Waals surface area contributed by atoms with Gasteiger partial charge in [0.05, 0.1) is 21.1 Å². The van der Waals surface area contributed by atoms with Gasteiger partial charge in [-0.3, -0.25) is 9.69 Å². The maximum absolute atomic E-state index is 13.7. The van der Waals surface area contributed by atoms with E-state index in [1.807, 2.05) is 91.9 Å². The summed E-state index contributed by atoms with van der Waals surface area (Å²) in [6.07, 6.45) is 1.87. The number of amidine groups is 1. The van der Waals surface area contributed by atoms with E-state index in [0.29, 0.717) is 22.4 Å². The number of amides is 1. The van der Waals surface area contributed by atoms with Gasteiger partial charge in [-0.15, -0.1) is 0 Å². The van der Waals surface area contributed by atoms with E-state index in [-0.39, 0.29) is 17.8 Å². The fourth-order valence-corrected chi connectivity index (χ4v) is 5.60. The maximum atomic E-state index is 13.7. The zero-order valence-electron chi connectivity index (χ0n) is 20.6. The van der Waals surface area contributed by atoms with Crippen molar-refractivity contribution in [3.05, 3.63) is 135 Å². The Balaban J connectivity index is 1.40. The summed E-state index contributed by atoms with van der Waals surface area (Å²) in [6, 6.07) is 31.3. The molecule has 1 amide bonds. The molecule has 1 saturated heterocycles. The third-order valence-electron chi connectivity index (χ3n) is 6.05. The smallest absolute Gasteiger partial charge is 0.267 e. The largest absolute Gasteiger partial charge is 0.488 e. The number of benzene rings is 4. The zero-order valence-corrected chi connectivity index (χ0v) is 23.0. The zero-order chi connectivity index (χ0) is 26.5. The number of carbonyl (C=O) groups excluding carboxylic acids is 1. The molecule has 7 heteroatoms. The van der Waals surface area contributed by atoms with Crippen molar-refractivity contribution >= 4 is 50.5 Å². The molecule has 1 aliphatic rings. The Morgan fingerprint density at radius 2 is 1.66 bits per heavy atom. The Kier molecular flexibility index (Phi) is 8.05. The van der Waals surface area contributed by atoms with Crippen LogP contribution in [0.15, 0.2) is 117 Å². The minimum atomic E-state index is -0.277. The highest BCUT2D eigenvalue weighted by Crippen LogP contribution is 2.39. The summed E-state index contributed by atoms with van der Waals surface area (Å²) in [7, 11) is 0. The van der Waals surface area contributed by atoms with Crippen molar-refractivity contribution in [1.82, 2.24) is 4.90 Å². The van der Waals surface area contributed by atoms with Gasteiger partial charge in [-0.25, -0.2) is 9.38 Å². The number of carbonyl (C=O) groups is 1. The molecule has 0 aliphatic carbocycles. The van der Waals surface area contributed by atoms with Crippen LogP contribution >= 0.6 is 27.7 Å². The number of para-hydroxylation sites is 1. The molecule has 1 heterocycles. The first-order valence-electron chi connectivity index (χ1n) is 12.1. The van der Waals surface area contributed by atoms with Crippen LogP contribution in [-0.4, -0.2) is 16.0 Å². The predicted octanol–water partition coefficient (Wildman–Crippen LogP) is 8.53. The average molecular weight is 588 g/mol. The number of hydrogen-bond acceptors (Lipinski definition) is 4. The number of ether oxygens (including phenoxy) is 1. The summed E-state index contributed by atoms with van der Waals surface area (Å²) < 4.78 is 19.8. The topological polar surface area (TPSA) is 41.9 Å². The SMILES string of the molecule is C[C@H](c1ccccc1)N1C(=O)/C(=C\c2ccc(OCc3ccc(F)cc3)c(Br)c2)SC1=Nc1ccccc1. The molecule has 0 radical (unpaired) electrons. The van der Waals surface area contributed by atoms with E-state index in [4.69, 9.17) is 9.73 Å². The van der Waals surface area contributed by atoms with E-state index in [0.717, 1.165) is 26.9 Å². The molecule has 1 atom stereocenters. The minimum absolute atomic E-state index is 0.0891. The van der Waals surface area contributed by atoms with Crippen LogP contribution in [-0.2, 0) is 11.4 Å². The van der Waals surface area contributed by atoms with E-state index >= 15 is 0 Å². The van der Waals surface area contributed by atoms with Gasteiger partial charge in [-0.1, -0.05) is 66.7 Å². The highest BCUT2D eigenvalue weighted by Gasteiger charge is 2.37. The van der Waals surface area contributed by atoms with Gasteiger partial charge < -0.3 is 4.74 Å². The Labute approximate surface area is 234 Å². The predicted molar refractivity (Wildman–Crippen MR) is 156 cm³/mol. The van der Waals surface area contributed by atoms with Gasteiger partial charge in [0.2, 0.25) is 0 Å². The second kappa shape index (κ2) is 11.8. The minimum Gasteiger partial charge on any atom is -0.488 e. The number of aliphatic imine (C=N–C) groups is 1. The molecule has 5 rings (SSSR count). The summed E-state index contributed by atoms with van der Waals surface area (Å²) in [6.45, 7) is 2.33. The van der Waals surface area contributed by atoms with Gasteiger partial charge in [0.1, 0.15) is 18.2 Å². The Morgan fingerprint density at radius 3 is 2.34 bits per heavy atom. The third kappa shape index (κ3) is 6.06. The van der Waals surface area contributed by atoms with Crippen molar-refractivity contribution in [2.24, 2.45) is 4.99 Å². The summed E-state index contributed by atoms with van der Waals surface area (Å²) in [5.41, 5.74) is 3.55. The standard InChI is InChI=1S/C31H24BrFN2O2S/c1-21(24-8-4-2-5-9-24)35-30(36)29(38-31(35)34-26-10-6-3-7-11-26)19-23-14-17-28(27(32)18-23)37-20-22-12-15-25(33)16-13-22/h2-19,21H,20H2,1H3/b29-19+,34-31?/t21-/m1/s1. The molecule has 4 aromatic rings. The number of thioether (sulfide) groups is 1. The van der Waals surface area contributed by atoms with E-state index in [1.165, 1.54) is 23.9 Å². The van der Waals surface area contributed by atoms with Gasteiger partial charge in [-0.05, 0) is 93.8 Å². The molecule has 190 valence electrons. The van der Waals surface area contributed by atoms with Crippen LogP contribution < -0.4 is 4.74 Å². The third-order valence-corrected chi connectivity index (χ3v) is 7.65. The quantitative estimate of drug-likeness (QED) is 0.204. The number of rotatable bonds is 7. The first-order valence-corrected chi connectivity index (χ1v) is 13.7.